The number of aromatic nitrogens is 7. The van der Waals surface area contributed by atoms with Crippen LogP contribution in [0.1, 0.15) is 69.2 Å². The van der Waals surface area contributed by atoms with E-state index in [0.717, 1.165) is 167 Å². The number of methoxy groups -OCH3 is 3. The fourth-order valence-electron chi connectivity index (χ4n) is 14.2. The highest BCUT2D eigenvalue weighted by molar-refractivity contribution is 7.92. The van der Waals surface area contributed by atoms with E-state index in [0.29, 0.717) is 74.7 Å². The number of nitrogens with two attached hydrogens (primary N) is 1. The molecule has 14 rings (SSSR count). The number of allylic oxidation sites excluding steroid dienone is 1. The Hall–Kier alpha value is -9.37. The van der Waals surface area contributed by atoms with Crippen LogP contribution in [0, 0.1) is 0 Å². The minimum Gasteiger partial charge on any atom is -0.494 e. The highest BCUT2D eigenvalue weighted by Crippen LogP contribution is 2.42. The molecule has 25 nitrogen and oxygen atoms in total. The Bertz CT molecular complexity index is 4810. The molecule has 0 radical (unpaired) electrons. The number of anilines is 13. The van der Waals surface area contributed by atoms with E-state index < -0.39 is 22.2 Å². The van der Waals surface area contributed by atoms with E-state index in [9.17, 15) is 13.0 Å². The van der Waals surface area contributed by atoms with Crippen LogP contribution in [0.4, 0.5) is 75.1 Å². The highest BCUT2D eigenvalue weighted by atomic mass is 35.5. The summed E-state index contributed by atoms with van der Waals surface area (Å²) in [5.41, 5.74) is 17.1. The van der Waals surface area contributed by atoms with Crippen LogP contribution < -0.4 is 66.5 Å². The van der Waals surface area contributed by atoms with Gasteiger partial charge in [-0.25, -0.2) is 33.3 Å². The molecule has 6 aromatic carbocycles. The van der Waals surface area contributed by atoms with Crippen molar-refractivity contribution in [1.82, 2.24) is 49.6 Å². The summed E-state index contributed by atoms with van der Waals surface area (Å²) in [6.45, 7) is 17.4. The van der Waals surface area contributed by atoms with E-state index in [1.165, 1.54) is 23.7 Å². The van der Waals surface area contributed by atoms with Gasteiger partial charge in [-0.15, -0.1) is 0 Å². The van der Waals surface area contributed by atoms with Crippen molar-refractivity contribution in [2.45, 2.75) is 87.1 Å². The van der Waals surface area contributed by atoms with E-state index in [4.69, 9.17) is 48.1 Å². The van der Waals surface area contributed by atoms with Crippen molar-refractivity contribution in [3.05, 3.63) is 179 Å². The van der Waals surface area contributed by atoms with Crippen LogP contribution in [-0.4, -0.2) is 203 Å². The Kier molecular flexibility index (Phi) is 26.1. The monoisotopic (exact) mass is 1560 g/mol. The fourth-order valence-corrected chi connectivity index (χ4v) is 16.9. The molecule has 4 saturated heterocycles. The molecular weight excluding hydrogens is 1460 g/mol. The number of para-hydroxylation sites is 2. The van der Waals surface area contributed by atoms with Gasteiger partial charge in [0.05, 0.1) is 83.0 Å². The Labute approximate surface area is 650 Å². The number of benzene rings is 6. The maximum absolute atomic E-state index is 12.8. The smallest absolute Gasteiger partial charge is 0.232 e. The second-order valence-corrected chi connectivity index (χ2v) is 35.2. The average molecular weight is 1560 g/mol. The van der Waals surface area contributed by atoms with Crippen molar-refractivity contribution in [2.24, 2.45) is 5.73 Å². The van der Waals surface area contributed by atoms with Gasteiger partial charge in [-0.3, -0.25) is 4.90 Å². The zero-order chi connectivity index (χ0) is 76.9. The van der Waals surface area contributed by atoms with E-state index in [1.807, 2.05) is 66.7 Å². The molecule has 9 aromatic rings. The first-order valence-corrected chi connectivity index (χ1v) is 41.9. The molecule has 0 spiro atoms. The van der Waals surface area contributed by atoms with E-state index >= 15 is 0 Å². The molecule has 1 aliphatic carbocycles. The van der Waals surface area contributed by atoms with Crippen LogP contribution in [0.5, 0.6) is 17.2 Å². The standard InChI is InChI=1S/C29H40N8O3S.C26H34ClN6O2P.C25H26ClN5O/c1-21(2)41(38,39)27-8-6-5-7-25(27)33-29-31-20-30-28(34-29)32-24-10-9-23(19-26(24)40-4)36-13-11-22(12-14-36)37-17-15-35(3)16-18-37;1-32(2)18-12-14-33(15-13-18)19-10-11-21(23(16-19)35-3)30-26-28-17-20(27)25(31-26)29-22-8-6-7-9-24(22)36(4,5)34;1-32-23-14-18(31-12-10-17(27)11-13-31)7-9-22(23)29-25-28-15-21(26)24(30-25)20-8-6-16-4-2-3-5-19(16)20/h5-10,19-22H,11-18H2,1-4H3,(H2,30,31,32,33,34);6-11,16-18H,12-15H2,1-5H3,(H2,28,29,30,31);2-5,7-9,14-15,17H,6,10-13,27H2,1H3,(H,28,29,30). The van der Waals surface area contributed by atoms with Crippen molar-refractivity contribution in [3.8, 4) is 17.2 Å². The SMILES string of the molecule is COc1cc(N2CCC(N(C)C)CC2)ccc1Nc1ncc(Cl)c(Nc2ccccc2P(C)(C)=O)n1.COc1cc(N2CCC(N)CC2)ccc1Nc1ncc(Cl)c(C2=CCc3ccccc32)n1.COc1cc(N2CCC(N3CCN(C)CC3)CC2)ccc1Nc1ncnc(Nc2ccccc2S(=O)(=O)C(C)C)n1. The lowest BCUT2D eigenvalue weighted by Crippen LogP contribution is -2.52. The maximum Gasteiger partial charge on any atom is 0.232 e. The largest absolute Gasteiger partial charge is 0.494 e. The first-order valence-electron chi connectivity index (χ1n) is 37.0. The zero-order valence-corrected chi connectivity index (χ0v) is 66.9. The minimum atomic E-state index is -3.49. The Morgan fingerprint density at radius 2 is 1.03 bits per heavy atom. The number of likely N-dealkylation sites (N-methyl/N-ethyl adjacent to an activating group) is 1. The first kappa shape index (κ1) is 79.2. The van der Waals surface area contributed by atoms with Gasteiger partial charge < -0.3 is 75.6 Å². The summed E-state index contributed by atoms with van der Waals surface area (Å²) in [4.78, 5) is 45.7. The molecule has 0 bridgehead atoms. The zero-order valence-electron chi connectivity index (χ0n) is 63.7. The van der Waals surface area contributed by atoms with Crippen molar-refractivity contribution in [1.29, 1.82) is 0 Å². The third-order valence-electron chi connectivity index (χ3n) is 20.6. The van der Waals surface area contributed by atoms with Gasteiger partial charge >= 0.3 is 0 Å². The molecule has 0 atom stereocenters. The van der Waals surface area contributed by atoms with Crippen LogP contribution in [0.15, 0.2) is 157 Å². The molecule has 7 heterocycles. The van der Waals surface area contributed by atoms with Gasteiger partial charge in [0.1, 0.15) is 35.7 Å². The number of nitrogens with zero attached hydrogens (tertiary/aromatic N) is 13. The van der Waals surface area contributed by atoms with Gasteiger partial charge in [-0.1, -0.05) is 77.8 Å². The van der Waals surface area contributed by atoms with Crippen LogP contribution in [0.2, 0.25) is 10.0 Å². The Morgan fingerprint density at radius 1 is 0.550 bits per heavy atom. The molecular formula is C80H100Cl2N19O6PS. The molecule has 7 N–H and O–H groups in total. The highest BCUT2D eigenvalue weighted by Gasteiger charge is 2.30. The molecule has 0 amide bonds. The summed E-state index contributed by atoms with van der Waals surface area (Å²) in [6.07, 6.45) is 14.2. The number of fused-ring (bicyclic) bond motifs is 1. The maximum atomic E-state index is 12.8. The average Bonchev–Trinajstić information content (AvgIpc) is 1.37. The lowest BCUT2D eigenvalue weighted by molar-refractivity contribution is 0.0982. The third kappa shape index (κ3) is 19.8. The van der Waals surface area contributed by atoms with E-state index in [1.54, 1.807) is 79.0 Å². The third-order valence-corrected chi connectivity index (χ3v) is 24.9. The van der Waals surface area contributed by atoms with E-state index in [-0.39, 0.29) is 10.8 Å². The summed E-state index contributed by atoms with van der Waals surface area (Å²) in [5.74, 6) is 3.94. The molecule has 0 saturated carbocycles. The number of rotatable bonds is 22. The topological polar surface area (TPSA) is 275 Å². The van der Waals surface area contributed by atoms with Gasteiger partial charge in [0, 0.05) is 130 Å². The number of halogens is 2. The van der Waals surface area contributed by atoms with Crippen LogP contribution in [-0.2, 0) is 20.8 Å². The van der Waals surface area contributed by atoms with Gasteiger partial charge in [0.15, 0.2) is 15.7 Å². The van der Waals surface area contributed by atoms with Gasteiger partial charge in [0.2, 0.25) is 23.8 Å². The predicted octanol–water partition coefficient (Wildman–Crippen LogP) is 14.0. The lowest BCUT2D eigenvalue weighted by atomic mass is 10.0. The summed E-state index contributed by atoms with van der Waals surface area (Å²) < 4.78 is 55.5. The van der Waals surface area contributed by atoms with Crippen LogP contribution in [0.3, 0.4) is 0 Å². The number of piperidine rings is 3. The minimum absolute atomic E-state index is 0.203. The quantitative estimate of drug-likeness (QED) is 0.0344. The number of hydrogen-bond acceptors (Lipinski definition) is 25. The Balaban J connectivity index is 0.000000154. The molecule has 4 fully saturated rings. The predicted molar refractivity (Wildman–Crippen MR) is 443 cm³/mol. The van der Waals surface area contributed by atoms with Crippen molar-refractivity contribution >= 4 is 126 Å². The molecule has 576 valence electrons. The molecule has 3 aromatic heterocycles. The molecule has 29 heteroatoms. The van der Waals surface area contributed by atoms with Gasteiger partial charge in [-0.05, 0) is 165 Å². The van der Waals surface area contributed by atoms with Crippen molar-refractivity contribution in [2.75, 3.05) is 163 Å². The van der Waals surface area contributed by atoms with Gasteiger partial charge in [-0.2, -0.15) is 9.97 Å². The lowest BCUT2D eigenvalue weighted by Gasteiger charge is -2.42. The number of piperazine rings is 1. The van der Waals surface area contributed by atoms with Crippen molar-refractivity contribution < 1.29 is 27.2 Å². The molecule has 5 aliphatic rings. The number of ether oxygens (including phenoxy) is 3. The van der Waals surface area contributed by atoms with Crippen molar-refractivity contribution in [3.63, 3.8) is 0 Å². The summed E-state index contributed by atoms with van der Waals surface area (Å²) in [6, 6.07) is 42.5. The normalized spacial score (nSPS) is 16.1. The second-order valence-electron chi connectivity index (χ2n) is 28.7. The van der Waals surface area contributed by atoms with Crippen LogP contribution >= 0.6 is 30.3 Å². The molecule has 4 aliphatic heterocycles. The molecule has 109 heavy (non-hydrogen) atoms. The number of hydrogen-bond donors (Lipinski definition) is 6. The fraction of sp³-hybridized carbons (Fsp3) is 0.388. The van der Waals surface area contributed by atoms with E-state index in [2.05, 4.69) is 150 Å². The number of nitrogens with one attached hydrogen (secondary N) is 5. The summed E-state index contributed by atoms with van der Waals surface area (Å²) in [5, 5.41) is 17.1. The van der Waals surface area contributed by atoms with Crippen LogP contribution in [0.25, 0.3) is 5.57 Å². The second kappa shape index (κ2) is 36.0. The number of sulfone groups is 1. The summed E-state index contributed by atoms with van der Waals surface area (Å²) >= 11 is 12.9. The first-order chi connectivity index (χ1) is 52.5. The van der Waals surface area contributed by atoms with Gasteiger partial charge in [0.25, 0.3) is 0 Å². The summed E-state index contributed by atoms with van der Waals surface area (Å²) in [7, 11) is 5.48. The molecule has 0 unspecified atom stereocenters. The Morgan fingerprint density at radius 3 is 1.57 bits per heavy atom.